The molecule has 0 aliphatic carbocycles. The first-order chi connectivity index (χ1) is 9.75. The first kappa shape index (κ1) is 13.6. The fraction of sp³-hybridized carbons (Fsp3) is 0.714. The first-order valence-corrected chi connectivity index (χ1v) is 7.36. The molecule has 3 heterocycles. The monoisotopic (exact) mass is 277 g/mol. The van der Waals surface area contributed by atoms with Crippen molar-refractivity contribution in [3.05, 3.63) is 11.3 Å². The van der Waals surface area contributed by atoms with Crippen LogP contribution in [0.2, 0.25) is 0 Å². The highest BCUT2D eigenvalue weighted by Crippen LogP contribution is 2.25. The molecule has 0 bridgehead atoms. The van der Waals surface area contributed by atoms with Crippen molar-refractivity contribution in [3.8, 4) is 0 Å². The minimum absolute atomic E-state index is 0.763. The number of nitrogens with zero attached hydrogens (tertiary/aromatic N) is 4. The van der Waals surface area contributed by atoms with Gasteiger partial charge in [0.1, 0.15) is 5.82 Å². The third kappa shape index (κ3) is 2.71. The molecular formula is C14H23N5O. The SMILES string of the molecule is CN(C)c1nc(N2CCOCC2)nc2c1CCNCC2. The molecule has 1 aromatic rings. The maximum Gasteiger partial charge on any atom is 0.227 e. The zero-order valence-corrected chi connectivity index (χ0v) is 12.4. The van der Waals surface area contributed by atoms with E-state index in [1.807, 2.05) is 0 Å². The van der Waals surface area contributed by atoms with Crippen LogP contribution >= 0.6 is 0 Å². The summed E-state index contributed by atoms with van der Waals surface area (Å²) in [5, 5.41) is 3.44. The van der Waals surface area contributed by atoms with Gasteiger partial charge < -0.3 is 19.9 Å². The van der Waals surface area contributed by atoms with Crippen molar-refractivity contribution in [2.45, 2.75) is 12.8 Å². The van der Waals surface area contributed by atoms with Gasteiger partial charge >= 0.3 is 0 Å². The summed E-state index contributed by atoms with van der Waals surface area (Å²) in [6, 6.07) is 0. The molecule has 2 aliphatic rings. The number of morpholine rings is 1. The summed E-state index contributed by atoms with van der Waals surface area (Å²) in [5.74, 6) is 1.93. The molecule has 0 radical (unpaired) electrons. The van der Waals surface area contributed by atoms with Crippen LogP contribution in [0.1, 0.15) is 11.3 Å². The van der Waals surface area contributed by atoms with E-state index in [0.717, 1.165) is 64.0 Å². The van der Waals surface area contributed by atoms with Crippen LogP contribution in [0.15, 0.2) is 0 Å². The quantitative estimate of drug-likeness (QED) is 0.825. The van der Waals surface area contributed by atoms with E-state index in [1.54, 1.807) is 0 Å². The van der Waals surface area contributed by atoms with Gasteiger partial charge in [-0.3, -0.25) is 0 Å². The standard InChI is InChI=1S/C14H23N5O/c1-18(2)13-11-3-5-15-6-4-12(11)16-14(17-13)19-7-9-20-10-8-19/h15H,3-10H2,1-2H3. The van der Waals surface area contributed by atoms with E-state index in [4.69, 9.17) is 14.7 Å². The molecule has 1 aromatic heterocycles. The highest BCUT2D eigenvalue weighted by atomic mass is 16.5. The molecule has 1 fully saturated rings. The lowest BCUT2D eigenvalue weighted by Gasteiger charge is -2.29. The topological polar surface area (TPSA) is 53.5 Å². The molecule has 1 saturated heterocycles. The van der Waals surface area contributed by atoms with Gasteiger partial charge in [-0.05, 0) is 13.0 Å². The average molecular weight is 277 g/mol. The van der Waals surface area contributed by atoms with Crippen LogP contribution in [0.4, 0.5) is 11.8 Å². The van der Waals surface area contributed by atoms with E-state index >= 15 is 0 Å². The molecule has 0 unspecified atom stereocenters. The van der Waals surface area contributed by atoms with Crippen molar-refractivity contribution >= 4 is 11.8 Å². The predicted molar refractivity (Wildman–Crippen MR) is 79.7 cm³/mol. The van der Waals surface area contributed by atoms with Gasteiger partial charge in [0, 0.05) is 45.7 Å². The molecule has 0 spiro atoms. The average Bonchev–Trinajstić information content (AvgIpc) is 2.72. The fourth-order valence-corrected chi connectivity index (χ4v) is 2.79. The Morgan fingerprint density at radius 2 is 1.85 bits per heavy atom. The van der Waals surface area contributed by atoms with Crippen LogP contribution in [0.3, 0.4) is 0 Å². The number of hydrogen-bond donors (Lipinski definition) is 1. The molecule has 0 atom stereocenters. The van der Waals surface area contributed by atoms with Crippen LogP contribution in [-0.2, 0) is 17.6 Å². The smallest absolute Gasteiger partial charge is 0.227 e. The molecular weight excluding hydrogens is 254 g/mol. The highest BCUT2D eigenvalue weighted by molar-refractivity contribution is 5.53. The lowest BCUT2D eigenvalue weighted by molar-refractivity contribution is 0.122. The van der Waals surface area contributed by atoms with Gasteiger partial charge in [0.25, 0.3) is 0 Å². The predicted octanol–water partition coefficient (Wildman–Crippen LogP) is 0.0674. The lowest BCUT2D eigenvalue weighted by Crippen LogP contribution is -2.38. The normalized spacial score (nSPS) is 19.4. The second-order valence-corrected chi connectivity index (χ2v) is 5.52. The number of aromatic nitrogens is 2. The van der Waals surface area contributed by atoms with Crippen LogP contribution in [0.5, 0.6) is 0 Å². The molecule has 1 N–H and O–H groups in total. The maximum absolute atomic E-state index is 5.41. The van der Waals surface area contributed by atoms with E-state index in [2.05, 4.69) is 29.2 Å². The Kier molecular flexibility index (Phi) is 4.03. The Morgan fingerprint density at radius 3 is 2.60 bits per heavy atom. The molecule has 110 valence electrons. The second kappa shape index (κ2) is 5.93. The van der Waals surface area contributed by atoms with Gasteiger partial charge in [0.05, 0.1) is 18.9 Å². The second-order valence-electron chi connectivity index (χ2n) is 5.52. The number of ether oxygens (including phenoxy) is 1. The fourth-order valence-electron chi connectivity index (χ4n) is 2.79. The molecule has 0 amide bonds. The summed E-state index contributed by atoms with van der Waals surface area (Å²) in [4.78, 5) is 14.0. The summed E-state index contributed by atoms with van der Waals surface area (Å²) in [6.07, 6.45) is 1.99. The molecule has 6 heteroatoms. The highest BCUT2D eigenvalue weighted by Gasteiger charge is 2.21. The van der Waals surface area contributed by atoms with Crippen LogP contribution in [0, 0.1) is 0 Å². The third-order valence-electron chi connectivity index (χ3n) is 3.87. The maximum atomic E-state index is 5.41. The number of nitrogens with one attached hydrogen (secondary N) is 1. The van der Waals surface area contributed by atoms with Crippen LogP contribution in [0.25, 0.3) is 0 Å². The Hall–Kier alpha value is -1.40. The summed E-state index contributed by atoms with van der Waals surface area (Å²) < 4.78 is 5.41. The lowest BCUT2D eigenvalue weighted by atomic mass is 10.1. The molecule has 20 heavy (non-hydrogen) atoms. The van der Waals surface area contributed by atoms with Crippen molar-refractivity contribution < 1.29 is 4.74 Å². The molecule has 0 saturated carbocycles. The zero-order chi connectivity index (χ0) is 13.9. The minimum Gasteiger partial charge on any atom is -0.378 e. The summed E-state index contributed by atoms with van der Waals surface area (Å²) in [6.45, 7) is 5.29. The van der Waals surface area contributed by atoms with Crippen LogP contribution in [-0.4, -0.2) is 63.5 Å². The van der Waals surface area contributed by atoms with Gasteiger partial charge in [-0.1, -0.05) is 0 Å². The van der Waals surface area contributed by atoms with Crippen molar-refractivity contribution in [2.75, 3.05) is 63.3 Å². The largest absolute Gasteiger partial charge is 0.378 e. The Morgan fingerprint density at radius 1 is 1.10 bits per heavy atom. The minimum atomic E-state index is 0.763. The van der Waals surface area contributed by atoms with Gasteiger partial charge in [0.15, 0.2) is 0 Å². The van der Waals surface area contributed by atoms with Gasteiger partial charge in [-0.2, -0.15) is 4.98 Å². The van der Waals surface area contributed by atoms with Gasteiger partial charge in [-0.15, -0.1) is 0 Å². The Bertz CT molecular complexity index is 471. The van der Waals surface area contributed by atoms with Crippen molar-refractivity contribution in [1.82, 2.24) is 15.3 Å². The van der Waals surface area contributed by atoms with Crippen molar-refractivity contribution in [2.24, 2.45) is 0 Å². The van der Waals surface area contributed by atoms with Crippen LogP contribution < -0.4 is 15.1 Å². The van der Waals surface area contributed by atoms with E-state index in [0.29, 0.717) is 0 Å². The number of fused-ring (bicyclic) bond motifs is 1. The van der Waals surface area contributed by atoms with E-state index < -0.39 is 0 Å². The summed E-state index contributed by atoms with van der Waals surface area (Å²) in [5.41, 5.74) is 2.51. The number of rotatable bonds is 2. The van der Waals surface area contributed by atoms with E-state index in [9.17, 15) is 0 Å². The zero-order valence-electron chi connectivity index (χ0n) is 12.4. The molecule has 6 nitrogen and oxygen atoms in total. The van der Waals surface area contributed by atoms with Crippen molar-refractivity contribution in [3.63, 3.8) is 0 Å². The van der Waals surface area contributed by atoms with E-state index in [-0.39, 0.29) is 0 Å². The van der Waals surface area contributed by atoms with E-state index in [1.165, 1.54) is 11.3 Å². The number of hydrogen-bond acceptors (Lipinski definition) is 6. The Labute approximate surface area is 120 Å². The molecule has 0 aromatic carbocycles. The van der Waals surface area contributed by atoms with Gasteiger partial charge in [-0.25, -0.2) is 4.98 Å². The number of anilines is 2. The molecule has 3 rings (SSSR count). The molecule has 2 aliphatic heterocycles. The third-order valence-corrected chi connectivity index (χ3v) is 3.87. The summed E-state index contributed by atoms with van der Waals surface area (Å²) in [7, 11) is 4.12. The Balaban J connectivity index is 1.99. The van der Waals surface area contributed by atoms with Gasteiger partial charge in [0.2, 0.25) is 5.95 Å². The van der Waals surface area contributed by atoms with Crippen molar-refractivity contribution in [1.29, 1.82) is 0 Å². The summed E-state index contributed by atoms with van der Waals surface area (Å²) >= 11 is 0. The first-order valence-electron chi connectivity index (χ1n) is 7.36.